The summed E-state index contributed by atoms with van der Waals surface area (Å²) in [6.07, 6.45) is 2.43. The summed E-state index contributed by atoms with van der Waals surface area (Å²) < 4.78 is 60.4. The first-order valence-electron chi connectivity index (χ1n) is 14.1. The van der Waals surface area contributed by atoms with Crippen LogP contribution >= 0.6 is 0 Å². The molecule has 40 heavy (non-hydrogen) atoms. The maximum atomic E-state index is 15.9. The number of carbonyl (C=O) groups excluding carboxylic acids is 1. The summed E-state index contributed by atoms with van der Waals surface area (Å²) in [5.41, 5.74) is -0.0521. The van der Waals surface area contributed by atoms with Crippen LogP contribution in [0.15, 0.2) is 30.6 Å². The van der Waals surface area contributed by atoms with Crippen LogP contribution in [0.1, 0.15) is 61.8 Å². The van der Waals surface area contributed by atoms with Gasteiger partial charge in [0.25, 0.3) is 0 Å². The number of alkyl halides is 3. The zero-order chi connectivity index (χ0) is 28.3. The van der Waals surface area contributed by atoms with E-state index in [9.17, 15) is 18.0 Å². The van der Waals surface area contributed by atoms with Crippen LogP contribution in [0.3, 0.4) is 0 Å². The van der Waals surface area contributed by atoms with Crippen molar-refractivity contribution in [2.75, 3.05) is 38.3 Å². The Balaban J connectivity index is 1.27. The fourth-order valence-corrected chi connectivity index (χ4v) is 5.90. The Bertz CT molecular complexity index is 1170. The second kappa shape index (κ2) is 12.0. The minimum atomic E-state index is -4.40. The first-order valence-corrected chi connectivity index (χ1v) is 14.1. The first kappa shape index (κ1) is 28.7. The van der Waals surface area contributed by atoms with Gasteiger partial charge in [-0.2, -0.15) is 13.2 Å². The lowest BCUT2D eigenvalue weighted by molar-refractivity contribution is -0.137. The zero-order valence-corrected chi connectivity index (χ0v) is 22.9. The van der Waals surface area contributed by atoms with E-state index < -0.39 is 17.6 Å². The van der Waals surface area contributed by atoms with E-state index in [1.54, 1.807) is 0 Å². The number of nitrogens with zero attached hydrogens (tertiary/aromatic N) is 4. The predicted octanol–water partition coefficient (Wildman–Crippen LogP) is 4.74. The van der Waals surface area contributed by atoms with E-state index in [-0.39, 0.29) is 35.8 Å². The average molecular weight is 564 g/mol. The van der Waals surface area contributed by atoms with E-state index in [0.29, 0.717) is 43.7 Å². The molecule has 2 saturated heterocycles. The highest BCUT2D eigenvalue weighted by molar-refractivity contribution is 5.77. The molecule has 1 amide bonds. The van der Waals surface area contributed by atoms with Gasteiger partial charge in [-0.3, -0.25) is 4.79 Å². The molecule has 3 fully saturated rings. The molecule has 0 bridgehead atoms. The number of benzene rings is 1. The Kier molecular flexibility index (Phi) is 8.61. The molecule has 0 radical (unpaired) electrons. The van der Waals surface area contributed by atoms with E-state index in [2.05, 4.69) is 20.2 Å². The van der Waals surface area contributed by atoms with E-state index in [0.717, 1.165) is 57.3 Å². The summed E-state index contributed by atoms with van der Waals surface area (Å²) in [5.74, 6) is -0.291. The van der Waals surface area contributed by atoms with Crippen molar-refractivity contribution in [3.8, 4) is 0 Å². The molecular weight excluding hydrogens is 526 g/mol. The molecule has 3 heterocycles. The Morgan fingerprint density at radius 1 is 1.15 bits per heavy atom. The van der Waals surface area contributed by atoms with Gasteiger partial charge in [-0.15, -0.1) is 0 Å². The first-order chi connectivity index (χ1) is 19.1. The van der Waals surface area contributed by atoms with E-state index in [1.807, 2.05) is 11.9 Å². The number of anilines is 1. The number of hydrogen-bond acceptors (Lipinski definition) is 6. The lowest BCUT2D eigenvalue weighted by Crippen LogP contribution is -2.41. The average Bonchev–Trinajstić information content (AvgIpc) is 3.68. The van der Waals surface area contributed by atoms with Crippen LogP contribution in [-0.2, 0) is 28.7 Å². The number of rotatable bonds is 10. The van der Waals surface area contributed by atoms with Gasteiger partial charge in [0.1, 0.15) is 6.33 Å². The third kappa shape index (κ3) is 7.09. The molecule has 1 saturated carbocycles. The zero-order valence-electron chi connectivity index (χ0n) is 22.9. The summed E-state index contributed by atoms with van der Waals surface area (Å²) in [7, 11) is 2.05. The smallest absolute Gasteiger partial charge is 0.381 e. The molecule has 3 aliphatic rings. The highest BCUT2D eigenvalue weighted by Crippen LogP contribution is 2.40. The van der Waals surface area contributed by atoms with Gasteiger partial charge in [-0.1, -0.05) is 12.1 Å². The fourth-order valence-electron chi connectivity index (χ4n) is 5.90. The molecule has 2 aromatic rings. The number of hydrogen-bond donors (Lipinski definition) is 1. The summed E-state index contributed by atoms with van der Waals surface area (Å²) in [5, 5.41) is 3.18. The molecule has 0 spiro atoms. The normalized spacial score (nSPS) is 21.4. The number of aryl methyl sites for hydroxylation is 1. The van der Waals surface area contributed by atoms with Crippen LogP contribution in [0.2, 0.25) is 0 Å². The Hall–Kier alpha value is -2.79. The van der Waals surface area contributed by atoms with Crippen molar-refractivity contribution >= 4 is 11.7 Å². The highest BCUT2D eigenvalue weighted by Gasteiger charge is 2.37. The monoisotopic (exact) mass is 563 g/mol. The number of halogens is 4. The maximum Gasteiger partial charge on any atom is 0.416 e. The van der Waals surface area contributed by atoms with E-state index in [1.165, 1.54) is 18.5 Å². The van der Waals surface area contributed by atoms with Gasteiger partial charge < -0.3 is 19.9 Å². The minimum Gasteiger partial charge on any atom is -0.381 e. The van der Waals surface area contributed by atoms with Crippen molar-refractivity contribution in [3.05, 3.63) is 53.2 Å². The van der Waals surface area contributed by atoms with Gasteiger partial charge in [-0.25, -0.2) is 14.4 Å². The number of aromatic nitrogens is 2. The SMILES string of the molecule is CN1CCC(NC(=O)CC2(CCc3ncnc(N(Cc4ccc(C(F)(F)F)cc4)C4CC4)c3F)CCOCC2)C1. The summed E-state index contributed by atoms with van der Waals surface area (Å²) >= 11 is 0. The van der Waals surface area contributed by atoms with Gasteiger partial charge >= 0.3 is 6.18 Å². The van der Waals surface area contributed by atoms with Crippen LogP contribution in [0.25, 0.3) is 0 Å². The molecule has 1 aliphatic carbocycles. The van der Waals surface area contributed by atoms with Crippen molar-refractivity contribution in [1.82, 2.24) is 20.2 Å². The lowest BCUT2D eigenvalue weighted by Gasteiger charge is -2.37. The summed E-state index contributed by atoms with van der Waals surface area (Å²) in [6.45, 7) is 3.21. The molecular formula is C29H37F4N5O2. The Morgan fingerprint density at radius 2 is 1.88 bits per heavy atom. The predicted molar refractivity (Wildman–Crippen MR) is 142 cm³/mol. The largest absolute Gasteiger partial charge is 0.416 e. The molecule has 1 N–H and O–H groups in total. The number of nitrogens with one attached hydrogen (secondary N) is 1. The molecule has 218 valence electrons. The number of carbonyl (C=O) groups is 1. The minimum absolute atomic E-state index is 0.0301. The third-order valence-electron chi connectivity index (χ3n) is 8.47. The molecule has 1 unspecified atom stereocenters. The highest BCUT2D eigenvalue weighted by atomic mass is 19.4. The van der Waals surface area contributed by atoms with Crippen LogP contribution in [0.5, 0.6) is 0 Å². The fraction of sp³-hybridized carbons (Fsp3) is 0.621. The standard InChI is InChI=1S/C29H37F4N5O2/c1-37-13-9-22(18-37)36-25(39)16-28(11-14-40-15-12-28)10-8-24-26(30)27(35-19-34-24)38(23-6-7-23)17-20-2-4-21(5-3-20)29(31,32)33/h2-5,19,22-23H,6-18H2,1H3,(H,36,39). The molecule has 11 heteroatoms. The van der Waals surface area contributed by atoms with Gasteiger partial charge in [-0.05, 0) is 81.6 Å². The van der Waals surface area contributed by atoms with Gasteiger partial charge in [0.05, 0.1) is 11.3 Å². The molecule has 2 aliphatic heterocycles. The van der Waals surface area contributed by atoms with Crippen LogP contribution in [0.4, 0.5) is 23.4 Å². The second-order valence-corrected chi connectivity index (χ2v) is 11.6. The molecule has 1 aromatic carbocycles. The molecule has 7 nitrogen and oxygen atoms in total. The Labute approximate surface area is 232 Å². The van der Waals surface area contributed by atoms with Crippen LogP contribution in [0, 0.1) is 11.2 Å². The Morgan fingerprint density at radius 3 is 2.50 bits per heavy atom. The van der Waals surface area contributed by atoms with Crippen LogP contribution < -0.4 is 10.2 Å². The third-order valence-corrected chi connectivity index (χ3v) is 8.47. The molecule has 1 atom stereocenters. The van der Waals surface area contributed by atoms with Gasteiger partial charge in [0.2, 0.25) is 5.91 Å². The van der Waals surface area contributed by atoms with Crippen molar-refractivity contribution in [2.24, 2.45) is 5.41 Å². The van der Waals surface area contributed by atoms with E-state index >= 15 is 4.39 Å². The quantitative estimate of drug-likeness (QED) is 0.421. The van der Waals surface area contributed by atoms with Crippen molar-refractivity contribution in [3.63, 3.8) is 0 Å². The number of amides is 1. The maximum absolute atomic E-state index is 15.9. The lowest BCUT2D eigenvalue weighted by atomic mass is 9.73. The van der Waals surface area contributed by atoms with Gasteiger partial charge in [0.15, 0.2) is 11.6 Å². The summed E-state index contributed by atoms with van der Waals surface area (Å²) in [4.78, 5) is 25.5. The number of ether oxygens (including phenoxy) is 1. The van der Waals surface area contributed by atoms with Crippen LogP contribution in [-0.4, -0.2) is 66.2 Å². The molecule has 5 rings (SSSR count). The summed E-state index contributed by atoms with van der Waals surface area (Å²) in [6, 6.07) is 5.21. The van der Waals surface area contributed by atoms with Crippen molar-refractivity contribution < 1.29 is 27.1 Å². The second-order valence-electron chi connectivity index (χ2n) is 11.6. The molecule has 1 aromatic heterocycles. The number of likely N-dealkylation sites (tertiary alicyclic amines) is 1. The number of likely N-dealkylation sites (N-methyl/N-ethyl adjacent to an activating group) is 1. The van der Waals surface area contributed by atoms with Crippen molar-refractivity contribution in [2.45, 2.75) is 76.2 Å². The topological polar surface area (TPSA) is 70.6 Å². The van der Waals surface area contributed by atoms with E-state index in [4.69, 9.17) is 4.74 Å². The van der Waals surface area contributed by atoms with Gasteiger partial charge in [0, 0.05) is 44.8 Å². The van der Waals surface area contributed by atoms with Crippen molar-refractivity contribution in [1.29, 1.82) is 0 Å².